The third kappa shape index (κ3) is 2.36. The van der Waals surface area contributed by atoms with Gasteiger partial charge in [-0.3, -0.25) is 4.79 Å². The molecule has 0 bridgehead atoms. The van der Waals surface area contributed by atoms with Crippen molar-refractivity contribution in [1.82, 2.24) is 0 Å². The topological polar surface area (TPSA) is 17.1 Å². The second kappa shape index (κ2) is 4.71. The van der Waals surface area contributed by atoms with Crippen LogP contribution < -0.4 is 0 Å². The Morgan fingerprint density at radius 1 is 0.950 bits per heavy atom. The molecule has 0 N–H and O–H groups in total. The van der Waals surface area contributed by atoms with Gasteiger partial charge in [0.1, 0.15) is 0 Å². The van der Waals surface area contributed by atoms with Crippen molar-refractivity contribution in [3.05, 3.63) is 46.8 Å². The van der Waals surface area contributed by atoms with Crippen LogP contribution >= 0.6 is 22.7 Å². The molecule has 0 unspecified atom stereocenters. The lowest BCUT2D eigenvalue weighted by atomic mass is 10.1. The van der Waals surface area contributed by atoms with Gasteiger partial charge in [-0.25, -0.2) is 0 Å². The highest BCUT2D eigenvalue weighted by molar-refractivity contribution is 7.26. The smallest absolute Gasteiger partial charge is 0.297 e. The molecule has 3 rings (SSSR count). The molecule has 0 saturated carbocycles. The fourth-order valence-corrected chi connectivity index (χ4v) is 3.84. The summed E-state index contributed by atoms with van der Waals surface area (Å²) >= 11 is 2.75. The largest absolute Gasteiger partial charge is 0.416 e. The van der Waals surface area contributed by atoms with E-state index in [0.29, 0.717) is 10.3 Å². The number of thiophene rings is 2. The van der Waals surface area contributed by atoms with E-state index in [4.69, 9.17) is 0 Å². The minimum absolute atomic E-state index is 0.570. The van der Waals surface area contributed by atoms with E-state index in [2.05, 4.69) is 0 Å². The summed E-state index contributed by atoms with van der Waals surface area (Å²) in [6.45, 7) is 0. The number of rotatable bonds is 2. The lowest BCUT2D eigenvalue weighted by molar-refractivity contribution is -0.137. The molecule has 0 spiro atoms. The lowest BCUT2D eigenvalue weighted by Gasteiger charge is -2.05. The van der Waals surface area contributed by atoms with Crippen LogP contribution in [-0.4, -0.2) is 6.29 Å². The van der Waals surface area contributed by atoms with Crippen LogP contribution in [0.1, 0.15) is 15.2 Å². The van der Waals surface area contributed by atoms with E-state index in [1.54, 1.807) is 12.1 Å². The fourth-order valence-electron chi connectivity index (χ4n) is 1.89. The highest BCUT2D eigenvalue weighted by Crippen LogP contribution is 2.39. The predicted molar refractivity (Wildman–Crippen MR) is 75.5 cm³/mol. The molecule has 0 aliphatic carbocycles. The Morgan fingerprint density at radius 2 is 1.75 bits per heavy atom. The van der Waals surface area contributed by atoms with Crippen molar-refractivity contribution in [2.24, 2.45) is 0 Å². The first-order valence-corrected chi connectivity index (χ1v) is 7.27. The Morgan fingerprint density at radius 3 is 2.40 bits per heavy atom. The van der Waals surface area contributed by atoms with Crippen LogP contribution in [0.2, 0.25) is 0 Å². The standard InChI is InChI=1S/C14H7F3OS2/c15-14(16,17)9-1-3-11-8(5-9)6-13(20-11)12-4-2-10(7-18)19-12/h1-7H. The Labute approximate surface area is 120 Å². The van der Waals surface area contributed by atoms with Crippen molar-refractivity contribution >= 4 is 39.0 Å². The summed E-state index contributed by atoms with van der Waals surface area (Å²) in [4.78, 5) is 13.0. The normalized spacial score (nSPS) is 11.9. The number of carbonyl (C=O) groups is 1. The van der Waals surface area contributed by atoms with Gasteiger partial charge in [-0.15, -0.1) is 22.7 Å². The zero-order valence-electron chi connectivity index (χ0n) is 9.90. The number of halogens is 3. The molecule has 6 heteroatoms. The van der Waals surface area contributed by atoms with E-state index in [9.17, 15) is 18.0 Å². The number of aldehydes is 1. The van der Waals surface area contributed by atoms with Gasteiger partial charge >= 0.3 is 6.18 Å². The van der Waals surface area contributed by atoms with Crippen LogP contribution in [0.5, 0.6) is 0 Å². The lowest BCUT2D eigenvalue weighted by Crippen LogP contribution is -2.03. The third-order valence-electron chi connectivity index (χ3n) is 2.83. The van der Waals surface area contributed by atoms with E-state index in [0.717, 1.165) is 32.9 Å². The average Bonchev–Trinajstić information content (AvgIpc) is 3.02. The Bertz CT molecular complexity index is 783. The highest BCUT2D eigenvalue weighted by Gasteiger charge is 2.30. The van der Waals surface area contributed by atoms with Crippen LogP contribution in [0.15, 0.2) is 36.4 Å². The zero-order chi connectivity index (χ0) is 14.3. The van der Waals surface area contributed by atoms with Gasteiger partial charge in [0.2, 0.25) is 0 Å². The van der Waals surface area contributed by atoms with Gasteiger partial charge in [-0.05, 0) is 41.8 Å². The molecule has 0 aliphatic rings. The van der Waals surface area contributed by atoms with Crippen molar-refractivity contribution in [3.8, 4) is 9.75 Å². The van der Waals surface area contributed by atoms with Gasteiger partial charge in [0.15, 0.2) is 6.29 Å². The van der Waals surface area contributed by atoms with Gasteiger partial charge in [-0.2, -0.15) is 13.2 Å². The second-order valence-corrected chi connectivity index (χ2v) is 6.38. The average molecular weight is 312 g/mol. The fraction of sp³-hybridized carbons (Fsp3) is 0.0714. The summed E-state index contributed by atoms with van der Waals surface area (Å²) in [6, 6.07) is 8.98. The van der Waals surface area contributed by atoms with Crippen LogP contribution in [0.3, 0.4) is 0 Å². The van der Waals surface area contributed by atoms with Gasteiger partial charge in [0.25, 0.3) is 0 Å². The number of fused-ring (bicyclic) bond motifs is 1. The predicted octanol–water partition coefficient (Wildman–Crippen LogP) is 5.46. The van der Waals surface area contributed by atoms with Crippen molar-refractivity contribution in [2.45, 2.75) is 6.18 Å². The Kier molecular flexibility index (Phi) is 3.14. The first-order valence-electron chi connectivity index (χ1n) is 5.63. The van der Waals surface area contributed by atoms with Crippen LogP contribution in [-0.2, 0) is 6.18 Å². The number of carbonyl (C=O) groups excluding carboxylic acids is 1. The van der Waals surface area contributed by atoms with Crippen LogP contribution in [0.4, 0.5) is 13.2 Å². The molecule has 1 aromatic carbocycles. The van der Waals surface area contributed by atoms with Gasteiger partial charge in [-0.1, -0.05) is 0 Å². The molecule has 0 saturated heterocycles. The molecular formula is C14H7F3OS2. The number of hydrogen-bond acceptors (Lipinski definition) is 3. The maximum absolute atomic E-state index is 12.7. The molecule has 20 heavy (non-hydrogen) atoms. The van der Waals surface area contributed by atoms with Crippen LogP contribution in [0.25, 0.3) is 19.8 Å². The Hall–Kier alpha value is -1.66. The van der Waals surface area contributed by atoms with Crippen molar-refractivity contribution < 1.29 is 18.0 Å². The molecule has 0 fully saturated rings. The summed E-state index contributed by atoms with van der Waals surface area (Å²) in [5.74, 6) is 0. The number of hydrogen-bond donors (Lipinski definition) is 0. The molecule has 1 nitrogen and oxygen atoms in total. The number of alkyl halides is 3. The quantitative estimate of drug-likeness (QED) is 0.574. The molecule has 2 heterocycles. The first kappa shape index (κ1) is 13.3. The van der Waals surface area contributed by atoms with E-state index in [1.165, 1.54) is 28.7 Å². The summed E-state index contributed by atoms with van der Waals surface area (Å²) in [5.41, 5.74) is -0.644. The third-order valence-corrected chi connectivity index (χ3v) is 5.15. The summed E-state index contributed by atoms with van der Waals surface area (Å²) < 4.78 is 38.8. The summed E-state index contributed by atoms with van der Waals surface area (Å²) in [7, 11) is 0. The molecule has 0 amide bonds. The molecule has 0 radical (unpaired) electrons. The van der Waals surface area contributed by atoms with Crippen molar-refractivity contribution in [2.75, 3.05) is 0 Å². The SMILES string of the molecule is O=Cc1ccc(-c2cc3cc(C(F)(F)F)ccc3s2)s1. The molecule has 0 atom stereocenters. The Balaban J connectivity index is 2.08. The van der Waals surface area contributed by atoms with Crippen LogP contribution in [0, 0.1) is 0 Å². The minimum Gasteiger partial charge on any atom is -0.297 e. The van der Waals surface area contributed by atoms with E-state index in [1.807, 2.05) is 6.07 Å². The summed E-state index contributed by atoms with van der Waals surface area (Å²) in [5, 5.41) is 0.570. The van der Waals surface area contributed by atoms with E-state index >= 15 is 0 Å². The monoisotopic (exact) mass is 312 g/mol. The summed E-state index contributed by atoms with van der Waals surface area (Å²) in [6.07, 6.45) is -3.56. The van der Waals surface area contributed by atoms with Gasteiger partial charge in [0, 0.05) is 14.5 Å². The minimum atomic E-state index is -4.33. The molecular weight excluding hydrogens is 305 g/mol. The maximum Gasteiger partial charge on any atom is 0.416 e. The van der Waals surface area contributed by atoms with Gasteiger partial charge < -0.3 is 0 Å². The van der Waals surface area contributed by atoms with E-state index < -0.39 is 11.7 Å². The maximum atomic E-state index is 12.7. The molecule has 2 aromatic heterocycles. The molecule has 102 valence electrons. The second-order valence-electron chi connectivity index (χ2n) is 4.18. The van der Waals surface area contributed by atoms with Crippen molar-refractivity contribution in [3.63, 3.8) is 0 Å². The molecule has 0 aliphatic heterocycles. The zero-order valence-corrected chi connectivity index (χ0v) is 11.5. The molecule has 3 aromatic rings. The first-order chi connectivity index (χ1) is 9.47. The highest BCUT2D eigenvalue weighted by atomic mass is 32.1. The van der Waals surface area contributed by atoms with Gasteiger partial charge in [0.05, 0.1) is 10.4 Å². The van der Waals surface area contributed by atoms with E-state index in [-0.39, 0.29) is 0 Å². The number of benzene rings is 1. The van der Waals surface area contributed by atoms with Crippen molar-refractivity contribution in [1.29, 1.82) is 0 Å².